The van der Waals surface area contributed by atoms with Crippen LogP contribution in [0, 0.1) is 11.7 Å². The number of nitrogens with zero attached hydrogens (tertiary/aromatic N) is 5. The van der Waals surface area contributed by atoms with Gasteiger partial charge in [0.25, 0.3) is 5.91 Å². The highest BCUT2D eigenvalue weighted by molar-refractivity contribution is 5.98. The molecule has 2 aliphatic rings. The molecule has 5 rings (SSSR count). The molecular formula is C21H20FN5O2. The molecular weight excluding hydrogens is 373 g/mol. The first kappa shape index (κ1) is 17.8. The van der Waals surface area contributed by atoms with Gasteiger partial charge in [0.1, 0.15) is 5.82 Å². The molecule has 2 saturated heterocycles. The van der Waals surface area contributed by atoms with Gasteiger partial charge in [0.05, 0.1) is 30.3 Å². The van der Waals surface area contributed by atoms with Gasteiger partial charge in [0.15, 0.2) is 0 Å². The first-order chi connectivity index (χ1) is 14.2. The zero-order chi connectivity index (χ0) is 19.8. The fourth-order valence-electron chi connectivity index (χ4n) is 4.57. The Morgan fingerprint density at radius 2 is 2.00 bits per heavy atom. The number of halogens is 1. The van der Waals surface area contributed by atoms with Crippen LogP contribution in [0.2, 0.25) is 0 Å². The maximum Gasteiger partial charge on any atom is 0.256 e. The Balaban J connectivity index is 1.38. The third kappa shape index (κ3) is 3.24. The normalized spacial score (nSPS) is 22.8. The van der Waals surface area contributed by atoms with Crippen molar-refractivity contribution in [3.8, 4) is 11.6 Å². The van der Waals surface area contributed by atoms with Crippen LogP contribution >= 0.6 is 0 Å². The van der Waals surface area contributed by atoms with Gasteiger partial charge in [-0.3, -0.25) is 4.79 Å². The quantitative estimate of drug-likeness (QED) is 0.667. The Bertz CT molecular complexity index is 1010. The van der Waals surface area contributed by atoms with Crippen LogP contribution in [0.4, 0.5) is 4.39 Å². The maximum absolute atomic E-state index is 14.0. The van der Waals surface area contributed by atoms with E-state index in [1.54, 1.807) is 12.3 Å². The number of hydrogen-bond acceptors (Lipinski definition) is 5. The minimum atomic E-state index is -0.453. The van der Waals surface area contributed by atoms with Crippen LogP contribution in [-0.4, -0.2) is 49.5 Å². The lowest BCUT2D eigenvalue weighted by Crippen LogP contribution is -2.38. The summed E-state index contributed by atoms with van der Waals surface area (Å²) in [6.07, 6.45) is 7.53. The number of fused-ring (bicyclic) bond motifs is 2. The Morgan fingerprint density at radius 3 is 2.79 bits per heavy atom. The van der Waals surface area contributed by atoms with Gasteiger partial charge in [-0.15, -0.1) is 0 Å². The second-order valence-electron chi connectivity index (χ2n) is 7.47. The molecule has 4 heterocycles. The van der Waals surface area contributed by atoms with Gasteiger partial charge >= 0.3 is 0 Å². The van der Waals surface area contributed by atoms with Crippen LogP contribution in [-0.2, 0) is 0 Å². The molecule has 3 aromatic rings. The molecule has 29 heavy (non-hydrogen) atoms. The first-order valence-electron chi connectivity index (χ1n) is 9.73. The van der Waals surface area contributed by atoms with Gasteiger partial charge in [0.2, 0.25) is 5.88 Å². The fourth-order valence-corrected chi connectivity index (χ4v) is 4.57. The van der Waals surface area contributed by atoms with Gasteiger partial charge in [-0.05, 0) is 43.5 Å². The standard InChI is InChI=1S/C21H20FN5O2/c22-15-4-6-19(27-24-9-10-25-27)17(12-15)21(28)26-16-5-7-18(26)14(11-16)13-29-20-3-1-2-8-23-20/h1-4,6,8-10,12,14,16,18H,5,7,11,13H2. The summed E-state index contributed by atoms with van der Waals surface area (Å²) in [6.45, 7) is 0.513. The fraction of sp³-hybridized carbons (Fsp3) is 0.333. The lowest BCUT2D eigenvalue weighted by atomic mass is 9.90. The second kappa shape index (κ2) is 7.27. The van der Waals surface area contributed by atoms with Crippen LogP contribution in [0.15, 0.2) is 55.0 Å². The Labute approximate surface area is 167 Å². The number of rotatable bonds is 5. The minimum absolute atomic E-state index is 0.0814. The summed E-state index contributed by atoms with van der Waals surface area (Å²) in [5.74, 6) is 0.195. The molecule has 1 amide bonds. The van der Waals surface area contributed by atoms with E-state index in [1.165, 1.54) is 29.3 Å². The predicted octanol–water partition coefficient (Wildman–Crippen LogP) is 2.87. The average molecular weight is 393 g/mol. The summed E-state index contributed by atoms with van der Waals surface area (Å²) >= 11 is 0. The first-order valence-corrected chi connectivity index (χ1v) is 9.73. The van der Waals surface area contributed by atoms with Crippen molar-refractivity contribution in [3.63, 3.8) is 0 Å². The molecule has 3 unspecified atom stereocenters. The van der Waals surface area contributed by atoms with Gasteiger partial charge in [-0.2, -0.15) is 15.0 Å². The van der Waals surface area contributed by atoms with Crippen LogP contribution in [0.25, 0.3) is 5.69 Å². The molecule has 2 fully saturated rings. The highest BCUT2D eigenvalue weighted by Gasteiger charge is 2.49. The molecule has 2 aliphatic heterocycles. The monoisotopic (exact) mass is 393 g/mol. The number of carbonyl (C=O) groups excluding carboxylic acids is 1. The largest absolute Gasteiger partial charge is 0.477 e. The summed E-state index contributed by atoms with van der Waals surface area (Å²) < 4.78 is 19.8. The highest BCUT2D eigenvalue weighted by atomic mass is 19.1. The van der Waals surface area contributed by atoms with Gasteiger partial charge < -0.3 is 9.64 Å². The summed E-state index contributed by atoms with van der Waals surface area (Å²) in [5.41, 5.74) is 0.762. The second-order valence-corrected chi connectivity index (χ2v) is 7.47. The number of carbonyl (C=O) groups is 1. The van der Waals surface area contributed by atoms with E-state index in [2.05, 4.69) is 15.2 Å². The van der Waals surface area contributed by atoms with Crippen LogP contribution in [0.5, 0.6) is 5.88 Å². The molecule has 0 radical (unpaired) electrons. The van der Waals surface area contributed by atoms with E-state index >= 15 is 0 Å². The molecule has 2 bridgehead atoms. The van der Waals surface area contributed by atoms with Gasteiger partial charge in [-0.1, -0.05) is 6.07 Å². The smallest absolute Gasteiger partial charge is 0.256 e. The number of aromatic nitrogens is 4. The van der Waals surface area contributed by atoms with E-state index in [9.17, 15) is 9.18 Å². The van der Waals surface area contributed by atoms with Gasteiger partial charge in [0, 0.05) is 30.3 Å². The van der Waals surface area contributed by atoms with E-state index in [4.69, 9.17) is 4.74 Å². The van der Waals surface area contributed by atoms with Crippen molar-refractivity contribution in [3.05, 3.63) is 66.4 Å². The van der Waals surface area contributed by atoms with Gasteiger partial charge in [-0.25, -0.2) is 9.37 Å². The van der Waals surface area contributed by atoms with Crippen molar-refractivity contribution >= 4 is 5.91 Å². The number of hydrogen-bond donors (Lipinski definition) is 0. The molecule has 0 N–H and O–H groups in total. The number of amides is 1. The van der Waals surface area contributed by atoms with Crippen molar-refractivity contribution in [1.29, 1.82) is 0 Å². The zero-order valence-electron chi connectivity index (χ0n) is 15.7. The Kier molecular flexibility index (Phi) is 4.46. The molecule has 0 aliphatic carbocycles. The van der Waals surface area contributed by atoms with Crippen LogP contribution in [0.1, 0.15) is 29.6 Å². The maximum atomic E-state index is 14.0. The van der Waals surface area contributed by atoms with E-state index in [-0.39, 0.29) is 29.5 Å². The van der Waals surface area contributed by atoms with E-state index in [0.717, 1.165) is 19.3 Å². The topological polar surface area (TPSA) is 73.1 Å². The molecule has 1 aromatic carbocycles. The molecule has 3 atom stereocenters. The molecule has 2 aromatic heterocycles. The van der Waals surface area contributed by atoms with E-state index in [1.807, 2.05) is 23.1 Å². The van der Waals surface area contributed by atoms with E-state index in [0.29, 0.717) is 18.2 Å². The Hall–Kier alpha value is -3.29. The summed E-state index contributed by atoms with van der Waals surface area (Å²) in [4.78, 5) is 20.9. The van der Waals surface area contributed by atoms with E-state index < -0.39 is 5.82 Å². The van der Waals surface area contributed by atoms with Crippen LogP contribution < -0.4 is 4.74 Å². The van der Waals surface area contributed by atoms with Crippen molar-refractivity contribution in [1.82, 2.24) is 24.9 Å². The zero-order valence-corrected chi connectivity index (χ0v) is 15.7. The molecule has 148 valence electrons. The lowest BCUT2D eigenvalue weighted by molar-refractivity contribution is 0.0709. The molecule has 7 nitrogen and oxygen atoms in total. The minimum Gasteiger partial charge on any atom is -0.477 e. The average Bonchev–Trinajstić information content (AvgIpc) is 3.49. The number of pyridine rings is 1. The van der Waals surface area contributed by atoms with Crippen molar-refractivity contribution in [2.75, 3.05) is 6.61 Å². The molecule has 0 saturated carbocycles. The number of ether oxygens (including phenoxy) is 1. The number of benzene rings is 1. The SMILES string of the molecule is O=C(c1cc(F)ccc1-n1nccn1)N1C2CCC1C(COc1ccccn1)C2. The summed E-state index contributed by atoms with van der Waals surface area (Å²) in [5, 5.41) is 8.21. The summed E-state index contributed by atoms with van der Waals surface area (Å²) in [7, 11) is 0. The van der Waals surface area contributed by atoms with Crippen LogP contribution in [0.3, 0.4) is 0 Å². The van der Waals surface area contributed by atoms with Crippen molar-refractivity contribution < 1.29 is 13.9 Å². The lowest BCUT2D eigenvalue weighted by Gasteiger charge is -2.25. The van der Waals surface area contributed by atoms with Crippen molar-refractivity contribution in [2.45, 2.75) is 31.3 Å². The third-order valence-corrected chi connectivity index (χ3v) is 5.81. The summed E-state index contributed by atoms with van der Waals surface area (Å²) in [6, 6.07) is 9.91. The van der Waals surface area contributed by atoms with Crippen molar-refractivity contribution in [2.24, 2.45) is 5.92 Å². The Morgan fingerprint density at radius 1 is 1.14 bits per heavy atom. The third-order valence-electron chi connectivity index (χ3n) is 5.81. The molecule has 0 spiro atoms. The highest BCUT2D eigenvalue weighted by Crippen LogP contribution is 2.43. The molecule has 8 heteroatoms. The predicted molar refractivity (Wildman–Crippen MR) is 102 cm³/mol.